The van der Waals surface area contributed by atoms with Crippen LogP contribution in [0.2, 0.25) is 0 Å². The first-order valence-electron chi connectivity index (χ1n) is 6.01. The van der Waals surface area contributed by atoms with Gasteiger partial charge < -0.3 is 10.0 Å². The van der Waals surface area contributed by atoms with Crippen LogP contribution in [0.3, 0.4) is 0 Å². The van der Waals surface area contributed by atoms with Crippen molar-refractivity contribution in [2.45, 2.75) is 25.8 Å². The standard InChI is InChI=1S/C10H15BN4O3/c11-9-8(15(17)18)10(13-4-1-2-5-13)14(12-9)6-3-7-16/h16H,1-7H2. The van der Waals surface area contributed by atoms with Crippen LogP contribution in [0, 0.1) is 10.1 Å². The Morgan fingerprint density at radius 2 is 2.11 bits per heavy atom. The minimum absolute atomic E-state index is 0.0208. The van der Waals surface area contributed by atoms with Crippen molar-refractivity contribution in [3.8, 4) is 0 Å². The Bertz CT molecular complexity index is 443. The van der Waals surface area contributed by atoms with Crippen LogP contribution in [0.5, 0.6) is 0 Å². The van der Waals surface area contributed by atoms with Crippen LogP contribution < -0.4 is 10.5 Å². The number of hydrogen-bond acceptors (Lipinski definition) is 5. The van der Waals surface area contributed by atoms with E-state index in [-0.39, 0.29) is 17.9 Å². The number of aryl methyl sites for hydroxylation is 1. The first kappa shape index (κ1) is 12.9. The maximum atomic E-state index is 11.1. The van der Waals surface area contributed by atoms with Crippen molar-refractivity contribution in [2.75, 3.05) is 24.6 Å². The van der Waals surface area contributed by atoms with E-state index in [1.54, 1.807) is 0 Å². The lowest BCUT2D eigenvalue weighted by Crippen LogP contribution is -2.23. The van der Waals surface area contributed by atoms with Crippen molar-refractivity contribution in [2.24, 2.45) is 0 Å². The van der Waals surface area contributed by atoms with Gasteiger partial charge in [0.2, 0.25) is 5.82 Å². The zero-order valence-electron chi connectivity index (χ0n) is 10.1. The summed E-state index contributed by atoms with van der Waals surface area (Å²) in [6.07, 6.45) is 2.53. The minimum Gasteiger partial charge on any atom is -0.396 e. The molecule has 1 aromatic heterocycles. The second-order valence-electron chi connectivity index (χ2n) is 4.31. The van der Waals surface area contributed by atoms with E-state index in [1.807, 2.05) is 4.90 Å². The predicted molar refractivity (Wildman–Crippen MR) is 67.4 cm³/mol. The summed E-state index contributed by atoms with van der Waals surface area (Å²) in [7, 11) is 5.62. The fourth-order valence-electron chi connectivity index (χ4n) is 2.26. The summed E-state index contributed by atoms with van der Waals surface area (Å²) >= 11 is 0. The smallest absolute Gasteiger partial charge is 0.323 e. The molecule has 0 amide bonds. The third-order valence-electron chi connectivity index (χ3n) is 3.04. The number of anilines is 1. The molecule has 18 heavy (non-hydrogen) atoms. The first-order chi connectivity index (χ1) is 8.65. The minimum atomic E-state index is -0.481. The highest BCUT2D eigenvalue weighted by Gasteiger charge is 2.30. The molecule has 0 saturated carbocycles. The van der Waals surface area contributed by atoms with Gasteiger partial charge in [-0.25, -0.2) is 4.68 Å². The predicted octanol–water partition coefficient (Wildman–Crippen LogP) is -0.432. The number of hydrogen-bond donors (Lipinski definition) is 1. The van der Waals surface area contributed by atoms with Crippen molar-refractivity contribution in [1.82, 2.24) is 9.78 Å². The van der Waals surface area contributed by atoms with Crippen LogP contribution in [0.1, 0.15) is 19.3 Å². The van der Waals surface area contributed by atoms with E-state index in [4.69, 9.17) is 13.0 Å². The number of aliphatic hydroxyl groups excluding tert-OH is 1. The van der Waals surface area contributed by atoms with Gasteiger partial charge in [-0.05, 0) is 19.3 Å². The molecule has 1 aliphatic heterocycles. The van der Waals surface area contributed by atoms with E-state index in [0.29, 0.717) is 18.8 Å². The molecular formula is C10H15BN4O3. The second-order valence-corrected chi connectivity index (χ2v) is 4.31. The molecule has 0 atom stereocenters. The highest BCUT2D eigenvalue weighted by Crippen LogP contribution is 2.29. The van der Waals surface area contributed by atoms with Gasteiger partial charge in [0.25, 0.3) is 0 Å². The van der Waals surface area contributed by atoms with E-state index in [2.05, 4.69) is 5.10 Å². The summed E-state index contributed by atoms with van der Waals surface area (Å²) in [5.74, 6) is 0.475. The highest BCUT2D eigenvalue weighted by molar-refractivity contribution is 6.34. The van der Waals surface area contributed by atoms with E-state index in [9.17, 15) is 10.1 Å². The number of aliphatic hydroxyl groups is 1. The molecule has 7 nitrogen and oxygen atoms in total. The number of rotatable bonds is 5. The third-order valence-corrected chi connectivity index (χ3v) is 3.04. The van der Waals surface area contributed by atoms with Gasteiger partial charge in [-0.1, -0.05) is 0 Å². The third kappa shape index (κ3) is 2.33. The lowest BCUT2D eigenvalue weighted by Gasteiger charge is -2.17. The molecule has 2 heterocycles. The van der Waals surface area contributed by atoms with E-state index >= 15 is 0 Å². The molecule has 1 fully saturated rings. The molecule has 1 aliphatic rings. The zero-order valence-corrected chi connectivity index (χ0v) is 10.1. The molecule has 0 aliphatic carbocycles. The van der Waals surface area contributed by atoms with Crippen molar-refractivity contribution >= 4 is 24.9 Å². The Morgan fingerprint density at radius 1 is 1.44 bits per heavy atom. The lowest BCUT2D eigenvalue weighted by atomic mass is 10.0. The monoisotopic (exact) mass is 250 g/mol. The van der Waals surface area contributed by atoms with Gasteiger partial charge in [-0.3, -0.25) is 10.1 Å². The van der Waals surface area contributed by atoms with Crippen LogP contribution >= 0.6 is 0 Å². The normalized spacial score (nSPS) is 15.3. The Labute approximate surface area is 106 Å². The molecule has 0 unspecified atom stereocenters. The van der Waals surface area contributed by atoms with Gasteiger partial charge >= 0.3 is 5.69 Å². The van der Waals surface area contributed by atoms with E-state index < -0.39 is 4.92 Å². The molecule has 0 aromatic carbocycles. The van der Waals surface area contributed by atoms with Crippen LogP contribution in [0.25, 0.3) is 0 Å². The average Bonchev–Trinajstić information content (AvgIpc) is 2.92. The van der Waals surface area contributed by atoms with Gasteiger partial charge in [0.1, 0.15) is 0 Å². The molecule has 1 aromatic rings. The molecule has 0 spiro atoms. The first-order valence-corrected chi connectivity index (χ1v) is 6.01. The second kappa shape index (κ2) is 5.39. The zero-order chi connectivity index (χ0) is 13.1. The van der Waals surface area contributed by atoms with Gasteiger partial charge in [0.15, 0.2) is 7.85 Å². The van der Waals surface area contributed by atoms with Crippen molar-refractivity contribution < 1.29 is 10.0 Å². The molecular weight excluding hydrogens is 235 g/mol. The molecule has 2 rings (SSSR count). The summed E-state index contributed by atoms with van der Waals surface area (Å²) in [6.45, 7) is 2.02. The van der Waals surface area contributed by atoms with Gasteiger partial charge in [0, 0.05) is 26.2 Å². The summed E-state index contributed by atoms with van der Waals surface area (Å²) in [4.78, 5) is 12.5. The largest absolute Gasteiger partial charge is 0.396 e. The quantitative estimate of drug-likeness (QED) is 0.435. The summed E-state index contributed by atoms with van der Waals surface area (Å²) in [5, 5.41) is 23.9. The fraction of sp³-hybridized carbons (Fsp3) is 0.700. The Morgan fingerprint density at radius 3 is 2.67 bits per heavy atom. The molecule has 96 valence electrons. The number of nitrogens with zero attached hydrogens (tertiary/aromatic N) is 4. The Kier molecular flexibility index (Phi) is 3.85. The summed E-state index contributed by atoms with van der Waals surface area (Å²) in [5.41, 5.74) is -0.172. The van der Waals surface area contributed by atoms with Gasteiger partial charge in [-0.2, -0.15) is 5.10 Å². The average molecular weight is 250 g/mol. The van der Waals surface area contributed by atoms with Gasteiger partial charge in [-0.15, -0.1) is 0 Å². The lowest BCUT2D eigenvalue weighted by molar-refractivity contribution is -0.382. The van der Waals surface area contributed by atoms with Crippen LogP contribution in [0.15, 0.2) is 0 Å². The number of aromatic nitrogens is 2. The van der Waals surface area contributed by atoms with Crippen LogP contribution in [0.4, 0.5) is 11.5 Å². The SMILES string of the molecule is [B]c1nn(CCCO)c(N2CCCC2)c1[N+](=O)[O-]. The highest BCUT2D eigenvalue weighted by atomic mass is 16.6. The van der Waals surface area contributed by atoms with Crippen LogP contribution in [-0.4, -0.2) is 47.4 Å². The Balaban J connectivity index is 2.39. The number of nitro groups is 1. The van der Waals surface area contributed by atoms with Crippen molar-refractivity contribution in [3.05, 3.63) is 10.1 Å². The molecule has 1 N–H and O–H groups in total. The maximum absolute atomic E-state index is 11.1. The van der Waals surface area contributed by atoms with Crippen LogP contribution in [-0.2, 0) is 6.54 Å². The van der Waals surface area contributed by atoms with E-state index in [0.717, 1.165) is 25.9 Å². The summed E-state index contributed by atoms with van der Waals surface area (Å²) < 4.78 is 1.54. The molecule has 0 bridgehead atoms. The topological polar surface area (TPSA) is 84.4 Å². The fourth-order valence-corrected chi connectivity index (χ4v) is 2.26. The molecule has 8 heteroatoms. The van der Waals surface area contributed by atoms with Gasteiger partial charge in [0.05, 0.1) is 10.5 Å². The van der Waals surface area contributed by atoms with Crippen molar-refractivity contribution in [3.63, 3.8) is 0 Å². The van der Waals surface area contributed by atoms with Crippen molar-refractivity contribution in [1.29, 1.82) is 0 Å². The molecule has 1 saturated heterocycles. The maximum Gasteiger partial charge on any atom is 0.323 e. The van der Waals surface area contributed by atoms with E-state index in [1.165, 1.54) is 4.68 Å². The summed E-state index contributed by atoms with van der Waals surface area (Å²) in [6, 6.07) is 0. The Hall–Kier alpha value is -1.57. The molecule has 2 radical (unpaired) electrons.